The van der Waals surface area contributed by atoms with Crippen LogP contribution in [0.1, 0.15) is 12.5 Å². The number of benzene rings is 1. The normalized spacial score (nSPS) is 12.7. The van der Waals surface area contributed by atoms with Gasteiger partial charge in [0.25, 0.3) is 0 Å². The van der Waals surface area contributed by atoms with Gasteiger partial charge in [0.1, 0.15) is 0 Å². The van der Waals surface area contributed by atoms with Crippen LogP contribution in [0.5, 0.6) is 0 Å². The van der Waals surface area contributed by atoms with Gasteiger partial charge >= 0.3 is 0 Å². The maximum atomic E-state index is 5.43. The second-order valence-electron chi connectivity index (χ2n) is 3.21. The molecule has 0 bridgehead atoms. The third kappa shape index (κ3) is 3.87. The average Bonchev–Trinajstić information content (AvgIpc) is 2.25. The van der Waals surface area contributed by atoms with Gasteiger partial charge in [0.15, 0.2) is 0 Å². The molecule has 14 heavy (non-hydrogen) atoms. The van der Waals surface area contributed by atoms with Crippen molar-refractivity contribution in [3.05, 3.63) is 35.9 Å². The quantitative estimate of drug-likeness (QED) is 0.526. The Bertz CT molecular complexity index is 238. The van der Waals surface area contributed by atoms with E-state index in [1.807, 2.05) is 25.1 Å². The fraction of sp³-hybridized carbons (Fsp3) is 0.455. The lowest BCUT2D eigenvalue weighted by Gasteiger charge is -2.15. The minimum absolute atomic E-state index is 0.192. The first-order chi connectivity index (χ1) is 6.86. The highest BCUT2D eigenvalue weighted by atomic mass is 16.5. The van der Waals surface area contributed by atoms with Crippen molar-refractivity contribution >= 4 is 0 Å². The molecule has 0 amide bonds. The summed E-state index contributed by atoms with van der Waals surface area (Å²) in [6, 6.07) is 10.5. The Morgan fingerprint density at radius 3 is 2.64 bits per heavy atom. The average molecular weight is 194 g/mol. The van der Waals surface area contributed by atoms with Crippen molar-refractivity contribution < 1.29 is 4.74 Å². The zero-order valence-corrected chi connectivity index (χ0v) is 8.57. The molecule has 0 radical (unpaired) electrons. The van der Waals surface area contributed by atoms with E-state index in [2.05, 4.69) is 17.6 Å². The molecular weight excluding hydrogens is 176 g/mol. The lowest BCUT2D eigenvalue weighted by atomic mass is 10.1. The summed E-state index contributed by atoms with van der Waals surface area (Å²) < 4.78 is 5.32. The van der Waals surface area contributed by atoms with Crippen molar-refractivity contribution in [2.45, 2.75) is 19.4 Å². The third-order valence-corrected chi connectivity index (χ3v) is 2.08. The standard InChI is InChI=1S/C11H18N2O/c1-2-14-9-11(13-12)8-10-6-4-3-5-7-10/h3-7,11,13H,2,8-9,12H2,1H3. The summed E-state index contributed by atoms with van der Waals surface area (Å²) in [6.45, 7) is 3.37. The molecule has 0 saturated heterocycles. The molecule has 78 valence electrons. The molecule has 0 aliphatic heterocycles. The molecule has 3 nitrogen and oxygen atoms in total. The largest absolute Gasteiger partial charge is 0.380 e. The van der Waals surface area contributed by atoms with Crippen LogP contribution in [0.2, 0.25) is 0 Å². The summed E-state index contributed by atoms with van der Waals surface area (Å²) in [4.78, 5) is 0. The number of hydrogen-bond donors (Lipinski definition) is 2. The summed E-state index contributed by atoms with van der Waals surface area (Å²) in [7, 11) is 0. The SMILES string of the molecule is CCOCC(Cc1ccccc1)NN. The Morgan fingerprint density at radius 1 is 1.36 bits per heavy atom. The lowest BCUT2D eigenvalue weighted by Crippen LogP contribution is -2.40. The fourth-order valence-corrected chi connectivity index (χ4v) is 1.32. The Labute approximate surface area is 85.2 Å². The maximum absolute atomic E-state index is 5.43. The van der Waals surface area contributed by atoms with Crippen molar-refractivity contribution in [3.63, 3.8) is 0 Å². The van der Waals surface area contributed by atoms with Crippen LogP contribution < -0.4 is 11.3 Å². The van der Waals surface area contributed by atoms with Crippen molar-refractivity contribution in [1.82, 2.24) is 5.43 Å². The van der Waals surface area contributed by atoms with Crippen LogP contribution in [0.4, 0.5) is 0 Å². The van der Waals surface area contributed by atoms with E-state index in [4.69, 9.17) is 10.6 Å². The molecule has 3 heteroatoms. The first-order valence-corrected chi connectivity index (χ1v) is 4.94. The molecule has 0 aromatic heterocycles. The molecule has 1 aromatic rings. The van der Waals surface area contributed by atoms with E-state index >= 15 is 0 Å². The second kappa shape index (κ2) is 6.54. The van der Waals surface area contributed by atoms with Gasteiger partial charge in [0.05, 0.1) is 6.61 Å². The number of hydrazine groups is 1. The van der Waals surface area contributed by atoms with Crippen LogP contribution in [0.15, 0.2) is 30.3 Å². The molecule has 1 atom stereocenters. The number of ether oxygens (including phenoxy) is 1. The Kier molecular flexibility index (Phi) is 5.22. The van der Waals surface area contributed by atoms with E-state index in [0.717, 1.165) is 13.0 Å². The molecule has 1 aromatic carbocycles. The molecule has 0 saturated carbocycles. The van der Waals surface area contributed by atoms with Crippen LogP contribution in [-0.4, -0.2) is 19.3 Å². The van der Waals surface area contributed by atoms with Crippen LogP contribution in [-0.2, 0) is 11.2 Å². The minimum atomic E-state index is 0.192. The second-order valence-corrected chi connectivity index (χ2v) is 3.21. The van der Waals surface area contributed by atoms with E-state index in [9.17, 15) is 0 Å². The van der Waals surface area contributed by atoms with Crippen LogP contribution >= 0.6 is 0 Å². The monoisotopic (exact) mass is 194 g/mol. The van der Waals surface area contributed by atoms with Gasteiger partial charge < -0.3 is 4.74 Å². The number of nitrogens with one attached hydrogen (secondary N) is 1. The van der Waals surface area contributed by atoms with E-state index in [0.29, 0.717) is 6.61 Å². The molecule has 0 spiro atoms. The zero-order valence-electron chi connectivity index (χ0n) is 8.57. The summed E-state index contributed by atoms with van der Waals surface area (Å²) in [6.07, 6.45) is 0.900. The summed E-state index contributed by atoms with van der Waals surface area (Å²) in [5.74, 6) is 5.43. The molecular formula is C11H18N2O. The summed E-state index contributed by atoms with van der Waals surface area (Å²) >= 11 is 0. The molecule has 0 heterocycles. The molecule has 1 rings (SSSR count). The van der Waals surface area contributed by atoms with Gasteiger partial charge in [-0.15, -0.1) is 0 Å². The van der Waals surface area contributed by atoms with Gasteiger partial charge in [-0.3, -0.25) is 11.3 Å². The molecule has 3 N–H and O–H groups in total. The smallest absolute Gasteiger partial charge is 0.0636 e. The predicted octanol–water partition coefficient (Wildman–Crippen LogP) is 1.10. The topological polar surface area (TPSA) is 47.3 Å². The number of hydrogen-bond acceptors (Lipinski definition) is 3. The van der Waals surface area contributed by atoms with Crippen LogP contribution in [0.3, 0.4) is 0 Å². The molecule has 0 fully saturated rings. The van der Waals surface area contributed by atoms with Crippen molar-refractivity contribution in [1.29, 1.82) is 0 Å². The number of rotatable bonds is 6. The van der Waals surface area contributed by atoms with Gasteiger partial charge in [-0.2, -0.15) is 0 Å². The van der Waals surface area contributed by atoms with E-state index in [1.165, 1.54) is 5.56 Å². The lowest BCUT2D eigenvalue weighted by molar-refractivity contribution is 0.123. The van der Waals surface area contributed by atoms with Gasteiger partial charge in [0, 0.05) is 12.6 Å². The highest BCUT2D eigenvalue weighted by molar-refractivity contribution is 5.15. The van der Waals surface area contributed by atoms with Crippen LogP contribution in [0, 0.1) is 0 Å². The Hall–Kier alpha value is -0.900. The van der Waals surface area contributed by atoms with Crippen LogP contribution in [0.25, 0.3) is 0 Å². The zero-order chi connectivity index (χ0) is 10.2. The Morgan fingerprint density at radius 2 is 2.07 bits per heavy atom. The maximum Gasteiger partial charge on any atom is 0.0636 e. The molecule has 0 aliphatic rings. The molecule has 1 unspecified atom stereocenters. The first kappa shape index (κ1) is 11.2. The van der Waals surface area contributed by atoms with Gasteiger partial charge in [0.2, 0.25) is 0 Å². The third-order valence-electron chi connectivity index (χ3n) is 2.08. The highest BCUT2D eigenvalue weighted by Gasteiger charge is 2.06. The number of nitrogens with two attached hydrogens (primary N) is 1. The van der Waals surface area contributed by atoms with Gasteiger partial charge in [-0.25, -0.2) is 0 Å². The Balaban J connectivity index is 2.40. The van der Waals surface area contributed by atoms with Gasteiger partial charge in [-0.05, 0) is 18.9 Å². The summed E-state index contributed by atoms with van der Waals surface area (Å²) in [5.41, 5.74) is 4.03. The minimum Gasteiger partial charge on any atom is -0.380 e. The summed E-state index contributed by atoms with van der Waals surface area (Å²) in [5, 5.41) is 0. The fourth-order valence-electron chi connectivity index (χ4n) is 1.32. The highest BCUT2D eigenvalue weighted by Crippen LogP contribution is 2.02. The van der Waals surface area contributed by atoms with Crippen molar-refractivity contribution in [2.75, 3.05) is 13.2 Å². The van der Waals surface area contributed by atoms with Crippen molar-refractivity contribution in [3.8, 4) is 0 Å². The molecule has 0 aliphatic carbocycles. The van der Waals surface area contributed by atoms with E-state index in [1.54, 1.807) is 0 Å². The van der Waals surface area contributed by atoms with E-state index in [-0.39, 0.29) is 6.04 Å². The van der Waals surface area contributed by atoms with Gasteiger partial charge in [-0.1, -0.05) is 30.3 Å². The van der Waals surface area contributed by atoms with E-state index < -0.39 is 0 Å². The first-order valence-electron chi connectivity index (χ1n) is 4.94. The predicted molar refractivity (Wildman–Crippen MR) is 57.8 cm³/mol. The van der Waals surface area contributed by atoms with Crippen molar-refractivity contribution in [2.24, 2.45) is 5.84 Å².